The molecule has 100 valence electrons. The third-order valence-corrected chi connectivity index (χ3v) is 2.51. The van der Waals surface area contributed by atoms with Crippen LogP contribution in [0, 0.1) is 0 Å². The van der Waals surface area contributed by atoms with E-state index >= 15 is 0 Å². The van der Waals surface area contributed by atoms with Gasteiger partial charge in [-0.1, -0.05) is 0 Å². The molecular formula is C7H17FeNO6S. The van der Waals surface area contributed by atoms with Crippen molar-refractivity contribution < 1.29 is 45.4 Å². The van der Waals surface area contributed by atoms with Gasteiger partial charge < -0.3 is 15.3 Å². The summed E-state index contributed by atoms with van der Waals surface area (Å²) < 4.78 is 29.3. The molecule has 0 aromatic rings. The zero-order valence-electron chi connectivity index (χ0n) is 8.63. The molecule has 0 saturated heterocycles. The second-order valence-corrected chi connectivity index (χ2v) is 4.65. The summed E-state index contributed by atoms with van der Waals surface area (Å²) in [4.78, 5) is 1.50. The fourth-order valence-corrected chi connectivity index (χ4v) is 1.76. The van der Waals surface area contributed by atoms with Crippen LogP contribution in [0.25, 0.3) is 0 Å². The van der Waals surface area contributed by atoms with Gasteiger partial charge in [-0.15, -0.1) is 0 Å². The summed E-state index contributed by atoms with van der Waals surface area (Å²) in [7, 11) is -4.20. The Hall–Kier alpha value is 0.269. The van der Waals surface area contributed by atoms with Crippen LogP contribution in [0.15, 0.2) is 0 Å². The summed E-state index contributed by atoms with van der Waals surface area (Å²) in [5.74, 6) is -0.750. The number of nitrogens with zero attached hydrogens (tertiary/aromatic N) is 1. The zero-order valence-corrected chi connectivity index (χ0v) is 10.6. The van der Waals surface area contributed by atoms with E-state index in [1.54, 1.807) is 0 Å². The molecule has 0 bridgehead atoms. The van der Waals surface area contributed by atoms with Crippen LogP contribution in [0.5, 0.6) is 0 Å². The molecule has 0 heterocycles. The van der Waals surface area contributed by atoms with Gasteiger partial charge in [-0.05, 0) is 0 Å². The molecule has 0 aliphatic heterocycles. The van der Waals surface area contributed by atoms with Gasteiger partial charge in [0.25, 0.3) is 10.1 Å². The monoisotopic (exact) mass is 299 g/mol. The van der Waals surface area contributed by atoms with Gasteiger partial charge in [0.2, 0.25) is 0 Å². The van der Waals surface area contributed by atoms with Crippen molar-refractivity contribution in [1.82, 2.24) is 4.90 Å². The molecule has 16 heavy (non-hydrogen) atoms. The second-order valence-electron chi connectivity index (χ2n) is 3.15. The molecule has 0 spiro atoms. The maximum atomic E-state index is 10.4. The SMILES string of the molecule is O=S(=O)(O)CC(O)CN(CCO)CCO.[Fe]. The molecule has 0 radical (unpaired) electrons. The van der Waals surface area contributed by atoms with Gasteiger partial charge in [-0.2, -0.15) is 8.42 Å². The molecule has 4 N–H and O–H groups in total. The van der Waals surface area contributed by atoms with E-state index in [0.29, 0.717) is 0 Å². The normalized spacial score (nSPS) is 13.6. The van der Waals surface area contributed by atoms with Gasteiger partial charge in [0, 0.05) is 36.7 Å². The van der Waals surface area contributed by atoms with Gasteiger partial charge in [0.05, 0.1) is 19.3 Å². The third-order valence-electron chi connectivity index (χ3n) is 1.70. The maximum Gasteiger partial charge on any atom is 0.267 e. The summed E-state index contributed by atoms with van der Waals surface area (Å²) in [6.07, 6.45) is -1.24. The maximum absolute atomic E-state index is 10.4. The van der Waals surface area contributed by atoms with Gasteiger partial charge in [0.1, 0.15) is 5.75 Å². The molecule has 0 fully saturated rings. The minimum atomic E-state index is -4.20. The van der Waals surface area contributed by atoms with Crippen molar-refractivity contribution in [1.29, 1.82) is 0 Å². The molecule has 0 amide bonds. The van der Waals surface area contributed by atoms with Gasteiger partial charge in [-0.25, -0.2) is 0 Å². The average Bonchev–Trinajstić information content (AvgIpc) is 2.00. The predicted molar refractivity (Wildman–Crippen MR) is 53.0 cm³/mol. The quantitative estimate of drug-likeness (QED) is 0.289. The Bertz CT molecular complexity index is 254. The molecule has 1 unspecified atom stereocenters. The van der Waals surface area contributed by atoms with Crippen molar-refractivity contribution in [2.24, 2.45) is 0 Å². The zero-order chi connectivity index (χ0) is 11.9. The minimum absolute atomic E-state index is 0. The number of hydrogen-bond acceptors (Lipinski definition) is 6. The van der Waals surface area contributed by atoms with E-state index in [1.807, 2.05) is 0 Å². The second kappa shape index (κ2) is 9.32. The van der Waals surface area contributed by atoms with Crippen molar-refractivity contribution in [2.45, 2.75) is 6.10 Å². The summed E-state index contributed by atoms with van der Waals surface area (Å²) >= 11 is 0. The first-order valence-corrected chi connectivity index (χ1v) is 6.07. The molecule has 1 atom stereocenters. The molecule has 9 heteroatoms. The molecule has 0 aliphatic rings. The van der Waals surface area contributed by atoms with Crippen LogP contribution in [0.1, 0.15) is 0 Å². The molecule has 0 aromatic carbocycles. The number of rotatable bonds is 8. The van der Waals surface area contributed by atoms with Gasteiger partial charge >= 0.3 is 0 Å². The van der Waals surface area contributed by atoms with Crippen molar-refractivity contribution in [3.05, 3.63) is 0 Å². The molecule has 7 nitrogen and oxygen atoms in total. The van der Waals surface area contributed by atoms with Gasteiger partial charge in [0.15, 0.2) is 0 Å². The first kappa shape index (κ1) is 18.6. The first-order chi connectivity index (χ1) is 6.89. The Morgan fingerprint density at radius 1 is 1.12 bits per heavy atom. The van der Waals surface area contributed by atoms with Crippen molar-refractivity contribution >= 4 is 10.1 Å². The molecule has 0 rings (SSSR count). The summed E-state index contributed by atoms with van der Waals surface area (Å²) in [5.41, 5.74) is 0. The van der Waals surface area contributed by atoms with E-state index in [2.05, 4.69) is 0 Å². The number of aliphatic hydroxyl groups excluding tert-OH is 3. The van der Waals surface area contributed by atoms with E-state index in [1.165, 1.54) is 4.90 Å². The summed E-state index contributed by atoms with van der Waals surface area (Å²) in [6.45, 7) is 0.115. The van der Waals surface area contributed by atoms with Crippen LogP contribution < -0.4 is 0 Å². The summed E-state index contributed by atoms with van der Waals surface area (Å²) in [5, 5.41) is 26.5. The predicted octanol–water partition coefficient (Wildman–Crippen LogP) is -2.48. The largest absolute Gasteiger partial charge is 0.395 e. The smallest absolute Gasteiger partial charge is 0.267 e. The Kier molecular flexibility index (Phi) is 10.8. The molecule has 0 aromatic heterocycles. The molecule has 0 saturated carbocycles. The summed E-state index contributed by atoms with van der Waals surface area (Å²) in [6, 6.07) is 0. The molecule has 0 aliphatic carbocycles. The molecular weight excluding hydrogens is 282 g/mol. The number of aliphatic hydroxyl groups is 3. The standard InChI is InChI=1S/C7H17NO6S.Fe/c9-3-1-8(2-4-10)5-7(11)6-15(12,13)14;/h7,9-11H,1-6H2,(H,12,13,14);. The van der Waals surface area contributed by atoms with E-state index in [0.717, 1.165) is 0 Å². The fraction of sp³-hybridized carbons (Fsp3) is 1.00. The van der Waals surface area contributed by atoms with Crippen LogP contribution in [0.4, 0.5) is 0 Å². The first-order valence-electron chi connectivity index (χ1n) is 4.46. The van der Waals surface area contributed by atoms with Crippen LogP contribution in [0.3, 0.4) is 0 Å². The average molecular weight is 299 g/mol. The Balaban J connectivity index is 0. The van der Waals surface area contributed by atoms with Crippen LogP contribution in [-0.2, 0) is 27.2 Å². The van der Waals surface area contributed by atoms with E-state index in [4.69, 9.17) is 14.8 Å². The van der Waals surface area contributed by atoms with Crippen LogP contribution in [0.2, 0.25) is 0 Å². The van der Waals surface area contributed by atoms with Crippen molar-refractivity contribution in [2.75, 3.05) is 38.6 Å². The minimum Gasteiger partial charge on any atom is -0.395 e. The van der Waals surface area contributed by atoms with E-state index in [-0.39, 0.29) is 49.9 Å². The van der Waals surface area contributed by atoms with E-state index in [9.17, 15) is 13.5 Å². The number of hydrogen-bond donors (Lipinski definition) is 4. The fourth-order valence-electron chi connectivity index (χ4n) is 1.17. The van der Waals surface area contributed by atoms with E-state index < -0.39 is 22.0 Å². The van der Waals surface area contributed by atoms with Crippen LogP contribution >= 0.6 is 0 Å². The van der Waals surface area contributed by atoms with Gasteiger partial charge in [-0.3, -0.25) is 9.45 Å². The van der Waals surface area contributed by atoms with Crippen molar-refractivity contribution in [3.8, 4) is 0 Å². The Morgan fingerprint density at radius 3 is 1.88 bits per heavy atom. The third kappa shape index (κ3) is 10.8. The Labute approximate surface area is 105 Å². The van der Waals surface area contributed by atoms with Crippen LogP contribution in [-0.4, -0.2) is 77.9 Å². The van der Waals surface area contributed by atoms with Crippen molar-refractivity contribution in [3.63, 3.8) is 0 Å². The Morgan fingerprint density at radius 2 is 1.56 bits per heavy atom. The topological polar surface area (TPSA) is 118 Å².